The average Bonchev–Trinajstić information content (AvgIpc) is 3.26. The number of thiazole rings is 1. The molecule has 4 rings (SSSR count). The maximum atomic E-state index is 5.37. The molecule has 0 bridgehead atoms. The number of benzene rings is 2. The Morgan fingerprint density at radius 1 is 0.968 bits per heavy atom. The second-order valence-electron chi connectivity index (χ2n) is 6.97. The first kappa shape index (κ1) is 21.0. The summed E-state index contributed by atoms with van der Waals surface area (Å²) < 4.78 is 6.47. The Balaban J connectivity index is 1.51. The van der Waals surface area contributed by atoms with Crippen molar-refractivity contribution in [1.82, 2.24) is 19.9 Å². The van der Waals surface area contributed by atoms with E-state index in [1.54, 1.807) is 11.3 Å². The van der Waals surface area contributed by atoms with Crippen LogP contribution < -0.4 is 16.0 Å². The molecule has 0 amide bonds. The Morgan fingerprint density at radius 3 is 2.55 bits per heavy atom. The molecule has 0 aliphatic heterocycles. The summed E-state index contributed by atoms with van der Waals surface area (Å²) in [5, 5.41) is 9.69. The van der Waals surface area contributed by atoms with Crippen LogP contribution in [0.5, 0.6) is 0 Å². The lowest BCUT2D eigenvalue weighted by Gasteiger charge is -2.15. The fourth-order valence-corrected chi connectivity index (χ4v) is 3.73. The number of nitrogens with one attached hydrogen (secondary N) is 3. The molecule has 2 heterocycles. The fourth-order valence-electron chi connectivity index (χ4n) is 3.01. The Kier molecular flexibility index (Phi) is 6.85. The summed E-state index contributed by atoms with van der Waals surface area (Å²) in [6, 6.07) is 16.3. The highest BCUT2D eigenvalue weighted by Crippen LogP contribution is 2.24. The van der Waals surface area contributed by atoms with Crippen molar-refractivity contribution < 1.29 is 4.74 Å². The van der Waals surface area contributed by atoms with Crippen LogP contribution in [0.1, 0.15) is 25.3 Å². The zero-order valence-corrected chi connectivity index (χ0v) is 18.3. The van der Waals surface area contributed by atoms with Crippen LogP contribution in [0.15, 0.2) is 54.0 Å². The molecule has 0 radical (unpaired) electrons. The van der Waals surface area contributed by atoms with Crippen molar-refractivity contribution in [3.63, 3.8) is 0 Å². The van der Waals surface area contributed by atoms with E-state index in [4.69, 9.17) is 4.74 Å². The lowest BCUT2D eigenvalue weighted by molar-refractivity contribution is 0.166. The predicted octanol–water partition coefficient (Wildman–Crippen LogP) is 4.85. The molecule has 0 saturated heterocycles. The number of hydrogen-bond acceptors (Lipinski definition) is 9. The number of hydrogen-bond donors (Lipinski definition) is 3. The quantitative estimate of drug-likeness (QED) is 0.240. The van der Waals surface area contributed by atoms with E-state index in [0.717, 1.165) is 15.9 Å². The number of nitrogens with zero attached hydrogens (tertiary/aromatic N) is 4. The van der Waals surface area contributed by atoms with Gasteiger partial charge in [-0.25, -0.2) is 4.98 Å². The Hall–Kier alpha value is -3.30. The molecule has 0 saturated carbocycles. The second kappa shape index (κ2) is 10.1. The van der Waals surface area contributed by atoms with E-state index >= 15 is 0 Å². The summed E-state index contributed by atoms with van der Waals surface area (Å²) >= 11 is 1.60. The van der Waals surface area contributed by atoms with Crippen LogP contribution in [0.4, 0.5) is 23.5 Å². The first-order valence-electron chi connectivity index (χ1n) is 10.2. The van der Waals surface area contributed by atoms with Crippen LogP contribution in [0, 0.1) is 0 Å². The molecular formula is C22H25N7OS. The third kappa shape index (κ3) is 5.65. The third-order valence-corrected chi connectivity index (χ3v) is 5.49. The minimum Gasteiger partial charge on any atom is -0.362 e. The summed E-state index contributed by atoms with van der Waals surface area (Å²) in [7, 11) is 0. The van der Waals surface area contributed by atoms with E-state index in [-0.39, 0.29) is 0 Å². The minimum absolute atomic E-state index is 0.308. The van der Waals surface area contributed by atoms with E-state index in [2.05, 4.69) is 54.9 Å². The molecule has 3 N–H and O–H groups in total. The zero-order valence-electron chi connectivity index (χ0n) is 17.5. The number of aromatic nitrogens is 4. The van der Waals surface area contributed by atoms with E-state index in [1.807, 2.05) is 48.8 Å². The van der Waals surface area contributed by atoms with E-state index in [0.29, 0.717) is 43.6 Å². The number of fused-ring (bicyclic) bond motifs is 1. The molecule has 0 aliphatic rings. The van der Waals surface area contributed by atoms with Gasteiger partial charge < -0.3 is 20.7 Å². The first-order chi connectivity index (χ1) is 15.2. The van der Waals surface area contributed by atoms with Gasteiger partial charge in [-0.3, -0.25) is 0 Å². The van der Waals surface area contributed by atoms with Crippen molar-refractivity contribution >= 4 is 45.1 Å². The summed E-state index contributed by atoms with van der Waals surface area (Å²) in [5.74, 6) is 1.70. The molecule has 0 spiro atoms. The largest absolute Gasteiger partial charge is 0.362 e. The van der Waals surface area contributed by atoms with E-state index in [1.165, 1.54) is 5.56 Å². The molecule has 4 aromatic rings. The molecule has 1 atom stereocenters. The van der Waals surface area contributed by atoms with Gasteiger partial charge in [0, 0.05) is 18.8 Å². The van der Waals surface area contributed by atoms with Crippen molar-refractivity contribution in [2.45, 2.75) is 19.8 Å². The van der Waals surface area contributed by atoms with E-state index in [9.17, 15) is 0 Å². The molecule has 1 unspecified atom stereocenters. The van der Waals surface area contributed by atoms with Gasteiger partial charge in [-0.2, -0.15) is 15.0 Å². The van der Waals surface area contributed by atoms with Gasteiger partial charge in [0.15, 0.2) is 0 Å². The summed E-state index contributed by atoms with van der Waals surface area (Å²) in [6.45, 7) is 5.74. The average molecular weight is 436 g/mol. The number of rotatable bonds is 10. The summed E-state index contributed by atoms with van der Waals surface area (Å²) in [5.41, 5.74) is 4.96. The lowest BCUT2D eigenvalue weighted by Crippen LogP contribution is -2.16. The van der Waals surface area contributed by atoms with Crippen LogP contribution in [0.2, 0.25) is 0 Å². The van der Waals surface area contributed by atoms with Gasteiger partial charge in [-0.1, -0.05) is 37.3 Å². The first-order valence-corrected chi connectivity index (χ1v) is 11.1. The van der Waals surface area contributed by atoms with Gasteiger partial charge in [0.1, 0.15) is 6.73 Å². The molecule has 8 nitrogen and oxygen atoms in total. The topological polar surface area (TPSA) is 96.9 Å². The van der Waals surface area contributed by atoms with Crippen molar-refractivity contribution in [2.75, 3.05) is 35.8 Å². The summed E-state index contributed by atoms with van der Waals surface area (Å²) in [6.07, 6.45) is 0. The molecule has 2 aromatic carbocycles. The normalized spacial score (nSPS) is 11.9. The van der Waals surface area contributed by atoms with Gasteiger partial charge in [0.2, 0.25) is 17.8 Å². The second-order valence-corrected chi connectivity index (χ2v) is 7.86. The molecule has 160 valence electrons. The highest BCUT2D eigenvalue weighted by molar-refractivity contribution is 7.16. The standard InChI is InChI=1S/C22H25N7OS/c1-3-30-13-24-21-27-20(23-12-15(2)16-7-5-4-6-8-16)28-22(29-21)26-17-9-10-18-19(11-17)31-14-25-18/h4-11,14-15H,3,12-13H2,1-2H3,(H3,23,24,26,27,28,29). The summed E-state index contributed by atoms with van der Waals surface area (Å²) in [4.78, 5) is 17.8. The van der Waals surface area contributed by atoms with Crippen molar-refractivity contribution in [1.29, 1.82) is 0 Å². The maximum Gasteiger partial charge on any atom is 0.233 e. The molecule has 0 fully saturated rings. The van der Waals surface area contributed by atoms with Crippen LogP contribution in [0.3, 0.4) is 0 Å². The number of anilines is 4. The highest BCUT2D eigenvalue weighted by Gasteiger charge is 2.10. The van der Waals surface area contributed by atoms with E-state index < -0.39 is 0 Å². The zero-order chi connectivity index (χ0) is 21.5. The lowest BCUT2D eigenvalue weighted by atomic mass is 10.0. The van der Waals surface area contributed by atoms with Crippen LogP contribution in [-0.2, 0) is 4.74 Å². The fraction of sp³-hybridized carbons (Fsp3) is 0.273. The van der Waals surface area contributed by atoms with Crippen LogP contribution >= 0.6 is 11.3 Å². The van der Waals surface area contributed by atoms with Crippen LogP contribution in [0.25, 0.3) is 10.2 Å². The van der Waals surface area contributed by atoms with Gasteiger partial charge >= 0.3 is 0 Å². The third-order valence-electron chi connectivity index (χ3n) is 4.69. The molecular weight excluding hydrogens is 410 g/mol. The van der Waals surface area contributed by atoms with Gasteiger partial charge in [0.05, 0.1) is 15.7 Å². The SMILES string of the molecule is CCOCNc1nc(NCC(C)c2ccccc2)nc(Nc2ccc3ncsc3c2)n1. The van der Waals surface area contributed by atoms with Crippen molar-refractivity contribution in [2.24, 2.45) is 0 Å². The predicted molar refractivity (Wildman–Crippen MR) is 126 cm³/mol. The van der Waals surface area contributed by atoms with Gasteiger partial charge in [-0.15, -0.1) is 11.3 Å². The monoisotopic (exact) mass is 435 g/mol. The van der Waals surface area contributed by atoms with Crippen molar-refractivity contribution in [3.05, 3.63) is 59.6 Å². The maximum absolute atomic E-state index is 5.37. The van der Waals surface area contributed by atoms with Crippen LogP contribution in [-0.4, -0.2) is 39.8 Å². The molecule has 2 aromatic heterocycles. The smallest absolute Gasteiger partial charge is 0.233 e. The number of ether oxygens (including phenoxy) is 1. The van der Waals surface area contributed by atoms with Crippen molar-refractivity contribution in [3.8, 4) is 0 Å². The van der Waals surface area contributed by atoms with Gasteiger partial charge in [-0.05, 0) is 36.6 Å². The highest BCUT2D eigenvalue weighted by atomic mass is 32.1. The Morgan fingerprint density at radius 2 is 1.74 bits per heavy atom. The Bertz CT molecular complexity index is 1120. The molecule has 31 heavy (non-hydrogen) atoms. The molecule has 9 heteroatoms. The Labute approximate surface area is 185 Å². The minimum atomic E-state index is 0.308. The molecule has 0 aliphatic carbocycles. The van der Waals surface area contributed by atoms with Gasteiger partial charge in [0.25, 0.3) is 0 Å².